The SMILES string of the molecule is O=C(c1ccc(Cl)cc1)N(Cc1cccnc1)CC1CCNC1. The Labute approximate surface area is 141 Å². The minimum atomic E-state index is 0.0393. The lowest BCUT2D eigenvalue weighted by molar-refractivity contribution is 0.0718. The van der Waals surface area contributed by atoms with Crippen LogP contribution in [0.25, 0.3) is 0 Å². The molecule has 1 unspecified atom stereocenters. The van der Waals surface area contributed by atoms with Crippen LogP contribution in [0.4, 0.5) is 0 Å². The first-order valence-electron chi connectivity index (χ1n) is 7.87. The highest BCUT2D eigenvalue weighted by molar-refractivity contribution is 6.30. The van der Waals surface area contributed by atoms with Crippen LogP contribution in [0, 0.1) is 5.92 Å². The van der Waals surface area contributed by atoms with Crippen LogP contribution < -0.4 is 5.32 Å². The highest BCUT2D eigenvalue weighted by Gasteiger charge is 2.23. The topological polar surface area (TPSA) is 45.2 Å². The van der Waals surface area contributed by atoms with E-state index >= 15 is 0 Å². The lowest BCUT2D eigenvalue weighted by Crippen LogP contribution is -2.35. The van der Waals surface area contributed by atoms with Gasteiger partial charge in [-0.2, -0.15) is 0 Å². The van der Waals surface area contributed by atoms with Crippen molar-refractivity contribution < 1.29 is 4.79 Å². The molecule has 120 valence electrons. The van der Waals surface area contributed by atoms with Gasteiger partial charge >= 0.3 is 0 Å². The number of halogens is 1. The minimum absolute atomic E-state index is 0.0393. The molecule has 1 saturated heterocycles. The van der Waals surface area contributed by atoms with Gasteiger partial charge < -0.3 is 10.2 Å². The van der Waals surface area contributed by atoms with Crippen molar-refractivity contribution in [2.24, 2.45) is 5.92 Å². The van der Waals surface area contributed by atoms with E-state index in [1.54, 1.807) is 30.5 Å². The molecule has 1 aliphatic rings. The third-order valence-corrected chi connectivity index (χ3v) is 4.37. The zero-order chi connectivity index (χ0) is 16.1. The molecule has 4 nitrogen and oxygen atoms in total. The second kappa shape index (κ2) is 7.57. The molecule has 0 bridgehead atoms. The van der Waals surface area contributed by atoms with E-state index in [0.29, 0.717) is 23.0 Å². The molecule has 0 aliphatic carbocycles. The standard InChI is InChI=1S/C18H20ClN3O/c19-17-5-3-16(4-6-17)18(23)22(13-15-7-9-21-11-15)12-14-2-1-8-20-10-14/h1-6,8,10,15,21H,7,9,11-13H2. The number of nitrogens with zero attached hydrogens (tertiary/aromatic N) is 2. The monoisotopic (exact) mass is 329 g/mol. The molecule has 2 aromatic rings. The number of hydrogen-bond donors (Lipinski definition) is 1. The van der Waals surface area contributed by atoms with Gasteiger partial charge in [0.05, 0.1) is 0 Å². The molecule has 1 amide bonds. The molecule has 1 N–H and O–H groups in total. The van der Waals surface area contributed by atoms with Gasteiger partial charge in [0.1, 0.15) is 0 Å². The number of nitrogens with one attached hydrogen (secondary N) is 1. The van der Waals surface area contributed by atoms with E-state index < -0.39 is 0 Å². The van der Waals surface area contributed by atoms with Crippen molar-refractivity contribution in [1.82, 2.24) is 15.2 Å². The Kier molecular flexibility index (Phi) is 5.26. The van der Waals surface area contributed by atoms with Gasteiger partial charge in [-0.15, -0.1) is 0 Å². The largest absolute Gasteiger partial charge is 0.334 e. The molecule has 3 rings (SSSR count). The second-order valence-corrected chi connectivity index (χ2v) is 6.35. The summed E-state index contributed by atoms with van der Waals surface area (Å²) in [5, 5.41) is 4.00. The fourth-order valence-electron chi connectivity index (χ4n) is 2.89. The average molecular weight is 330 g/mol. The van der Waals surface area contributed by atoms with Crippen molar-refractivity contribution in [1.29, 1.82) is 0 Å². The first-order valence-corrected chi connectivity index (χ1v) is 8.24. The Hall–Kier alpha value is -1.91. The van der Waals surface area contributed by atoms with Crippen LogP contribution in [0.2, 0.25) is 5.02 Å². The van der Waals surface area contributed by atoms with E-state index in [9.17, 15) is 4.79 Å². The van der Waals surface area contributed by atoms with Gasteiger partial charge in [-0.3, -0.25) is 9.78 Å². The number of rotatable bonds is 5. The van der Waals surface area contributed by atoms with Crippen LogP contribution in [0.3, 0.4) is 0 Å². The minimum Gasteiger partial charge on any atom is -0.334 e. The predicted octanol–water partition coefficient (Wildman–Crippen LogP) is 2.99. The molecule has 5 heteroatoms. The summed E-state index contributed by atoms with van der Waals surface area (Å²) < 4.78 is 0. The Morgan fingerprint density at radius 1 is 1.30 bits per heavy atom. The summed E-state index contributed by atoms with van der Waals surface area (Å²) >= 11 is 5.92. The Bertz CT molecular complexity index is 639. The second-order valence-electron chi connectivity index (χ2n) is 5.91. The van der Waals surface area contributed by atoms with Gasteiger partial charge in [-0.05, 0) is 61.3 Å². The molecule has 0 radical (unpaired) electrons. The molecule has 1 atom stereocenters. The number of carbonyl (C=O) groups excluding carboxylic acids is 1. The summed E-state index contributed by atoms with van der Waals surface area (Å²) in [6.07, 6.45) is 4.67. The Balaban J connectivity index is 1.78. The van der Waals surface area contributed by atoms with Gasteiger partial charge in [-0.25, -0.2) is 0 Å². The van der Waals surface area contributed by atoms with Crippen molar-refractivity contribution in [3.63, 3.8) is 0 Å². The molecule has 1 fully saturated rings. The van der Waals surface area contributed by atoms with Gasteiger partial charge in [-0.1, -0.05) is 17.7 Å². The van der Waals surface area contributed by atoms with E-state index in [2.05, 4.69) is 10.3 Å². The summed E-state index contributed by atoms with van der Waals surface area (Å²) in [4.78, 5) is 19.0. The van der Waals surface area contributed by atoms with Crippen LogP contribution in [-0.2, 0) is 6.54 Å². The predicted molar refractivity (Wildman–Crippen MR) is 91.4 cm³/mol. The number of amides is 1. The van der Waals surface area contributed by atoms with Crippen LogP contribution >= 0.6 is 11.6 Å². The summed E-state index contributed by atoms with van der Waals surface area (Å²) in [6.45, 7) is 3.33. The third kappa shape index (κ3) is 4.30. The number of aromatic nitrogens is 1. The van der Waals surface area contributed by atoms with Crippen LogP contribution in [0.15, 0.2) is 48.8 Å². The zero-order valence-corrected chi connectivity index (χ0v) is 13.7. The molecule has 0 spiro atoms. The van der Waals surface area contributed by atoms with Crippen molar-refractivity contribution in [2.45, 2.75) is 13.0 Å². The maximum atomic E-state index is 12.9. The molecular formula is C18H20ClN3O. The van der Waals surface area contributed by atoms with Crippen LogP contribution in [-0.4, -0.2) is 35.4 Å². The van der Waals surface area contributed by atoms with Gasteiger partial charge in [0.15, 0.2) is 0 Å². The van der Waals surface area contributed by atoms with E-state index in [1.165, 1.54) is 0 Å². The van der Waals surface area contributed by atoms with E-state index in [0.717, 1.165) is 31.6 Å². The molecular weight excluding hydrogens is 310 g/mol. The molecule has 2 heterocycles. The molecule has 1 aliphatic heterocycles. The van der Waals surface area contributed by atoms with Crippen LogP contribution in [0.1, 0.15) is 22.3 Å². The highest BCUT2D eigenvalue weighted by Crippen LogP contribution is 2.17. The van der Waals surface area contributed by atoms with Gasteiger partial charge in [0.25, 0.3) is 5.91 Å². The van der Waals surface area contributed by atoms with Crippen molar-refractivity contribution >= 4 is 17.5 Å². The molecule has 1 aromatic carbocycles. The summed E-state index contributed by atoms with van der Waals surface area (Å²) in [5.41, 5.74) is 1.71. The molecule has 1 aromatic heterocycles. The fraction of sp³-hybridized carbons (Fsp3) is 0.333. The van der Waals surface area contributed by atoms with Gasteiger partial charge in [0.2, 0.25) is 0 Å². The lowest BCUT2D eigenvalue weighted by atomic mass is 10.1. The zero-order valence-electron chi connectivity index (χ0n) is 12.9. The fourth-order valence-corrected chi connectivity index (χ4v) is 3.01. The number of hydrogen-bond acceptors (Lipinski definition) is 3. The summed E-state index contributed by atoms with van der Waals surface area (Å²) in [5.74, 6) is 0.542. The normalized spacial score (nSPS) is 17.2. The molecule has 0 saturated carbocycles. The lowest BCUT2D eigenvalue weighted by Gasteiger charge is -2.25. The summed E-state index contributed by atoms with van der Waals surface area (Å²) in [7, 11) is 0. The van der Waals surface area contributed by atoms with Crippen LogP contribution in [0.5, 0.6) is 0 Å². The van der Waals surface area contributed by atoms with Crippen molar-refractivity contribution in [2.75, 3.05) is 19.6 Å². The number of carbonyl (C=O) groups is 1. The smallest absolute Gasteiger partial charge is 0.254 e. The average Bonchev–Trinajstić information content (AvgIpc) is 3.08. The maximum Gasteiger partial charge on any atom is 0.254 e. The van der Waals surface area contributed by atoms with Gasteiger partial charge in [0, 0.05) is 36.1 Å². The summed E-state index contributed by atoms with van der Waals surface area (Å²) in [6, 6.07) is 11.0. The first kappa shape index (κ1) is 16.0. The third-order valence-electron chi connectivity index (χ3n) is 4.12. The van der Waals surface area contributed by atoms with Crippen molar-refractivity contribution in [3.8, 4) is 0 Å². The first-order chi connectivity index (χ1) is 11.2. The van der Waals surface area contributed by atoms with E-state index in [1.807, 2.05) is 23.2 Å². The quantitative estimate of drug-likeness (QED) is 0.917. The van der Waals surface area contributed by atoms with Crippen molar-refractivity contribution in [3.05, 3.63) is 64.9 Å². The van der Waals surface area contributed by atoms with E-state index in [-0.39, 0.29) is 5.91 Å². The Morgan fingerprint density at radius 2 is 2.13 bits per heavy atom. The molecule has 23 heavy (non-hydrogen) atoms. The number of benzene rings is 1. The number of pyridine rings is 1. The Morgan fingerprint density at radius 3 is 2.78 bits per heavy atom. The van der Waals surface area contributed by atoms with E-state index in [4.69, 9.17) is 11.6 Å². The highest BCUT2D eigenvalue weighted by atomic mass is 35.5. The maximum absolute atomic E-state index is 12.9.